The van der Waals surface area contributed by atoms with Crippen molar-refractivity contribution in [3.8, 4) is 5.75 Å². The first-order chi connectivity index (χ1) is 13.4. The molecule has 0 aliphatic rings. The van der Waals surface area contributed by atoms with Crippen LogP contribution in [0.3, 0.4) is 0 Å². The Morgan fingerprint density at radius 2 is 1.93 bits per heavy atom. The van der Waals surface area contributed by atoms with Gasteiger partial charge in [-0.1, -0.05) is 35.8 Å². The summed E-state index contributed by atoms with van der Waals surface area (Å²) in [4.78, 5) is 24.4. The molecule has 0 saturated carbocycles. The molecule has 2 amide bonds. The van der Waals surface area contributed by atoms with Crippen LogP contribution >= 0.6 is 15.9 Å². The van der Waals surface area contributed by atoms with Gasteiger partial charge < -0.3 is 20.1 Å². The van der Waals surface area contributed by atoms with Gasteiger partial charge in [-0.25, -0.2) is 0 Å². The largest absolute Gasteiger partial charge is 0.483 e. The lowest BCUT2D eigenvalue weighted by atomic mass is 10.0. The SMILES string of the molecule is COCCNC(=O)c1cccc(NC(=O)COc2ccc(Br)cc2C(C)C)c1. The van der Waals surface area contributed by atoms with E-state index in [1.165, 1.54) is 0 Å². The zero-order valence-electron chi connectivity index (χ0n) is 16.3. The van der Waals surface area contributed by atoms with E-state index in [-0.39, 0.29) is 24.3 Å². The van der Waals surface area contributed by atoms with Crippen LogP contribution in [0.25, 0.3) is 0 Å². The predicted octanol–water partition coefficient (Wildman–Crippen LogP) is 3.97. The number of ether oxygens (including phenoxy) is 2. The second kappa shape index (κ2) is 10.8. The van der Waals surface area contributed by atoms with Gasteiger partial charge in [0.25, 0.3) is 11.8 Å². The van der Waals surface area contributed by atoms with Crippen molar-refractivity contribution in [2.75, 3.05) is 32.2 Å². The first-order valence-electron chi connectivity index (χ1n) is 9.00. The summed E-state index contributed by atoms with van der Waals surface area (Å²) >= 11 is 3.45. The summed E-state index contributed by atoms with van der Waals surface area (Å²) in [5.74, 6) is 0.430. The van der Waals surface area contributed by atoms with Crippen molar-refractivity contribution >= 4 is 33.4 Å². The average Bonchev–Trinajstić information content (AvgIpc) is 2.67. The third-order valence-electron chi connectivity index (χ3n) is 3.95. The summed E-state index contributed by atoms with van der Waals surface area (Å²) in [7, 11) is 1.57. The number of methoxy groups -OCH3 is 1. The minimum Gasteiger partial charge on any atom is -0.483 e. The summed E-state index contributed by atoms with van der Waals surface area (Å²) in [6, 6.07) is 12.5. The van der Waals surface area contributed by atoms with E-state index in [1.807, 2.05) is 18.2 Å². The number of hydrogen-bond acceptors (Lipinski definition) is 4. The molecule has 2 N–H and O–H groups in total. The number of carbonyl (C=O) groups excluding carboxylic acids is 2. The predicted molar refractivity (Wildman–Crippen MR) is 113 cm³/mol. The van der Waals surface area contributed by atoms with Gasteiger partial charge in [-0.05, 0) is 47.9 Å². The molecule has 6 nitrogen and oxygen atoms in total. The van der Waals surface area contributed by atoms with E-state index in [2.05, 4.69) is 40.4 Å². The van der Waals surface area contributed by atoms with Crippen LogP contribution in [0.4, 0.5) is 5.69 Å². The number of benzene rings is 2. The average molecular weight is 449 g/mol. The van der Waals surface area contributed by atoms with Crippen molar-refractivity contribution < 1.29 is 19.1 Å². The molecule has 2 aromatic rings. The summed E-state index contributed by atoms with van der Waals surface area (Å²) in [6.07, 6.45) is 0. The van der Waals surface area contributed by atoms with Gasteiger partial charge in [0.05, 0.1) is 6.61 Å². The fraction of sp³-hybridized carbons (Fsp3) is 0.333. The van der Waals surface area contributed by atoms with E-state index < -0.39 is 0 Å². The van der Waals surface area contributed by atoms with E-state index in [1.54, 1.807) is 31.4 Å². The maximum Gasteiger partial charge on any atom is 0.262 e. The van der Waals surface area contributed by atoms with Crippen LogP contribution in [-0.4, -0.2) is 38.7 Å². The normalized spacial score (nSPS) is 10.6. The smallest absolute Gasteiger partial charge is 0.262 e. The quantitative estimate of drug-likeness (QED) is 0.569. The molecule has 0 heterocycles. The van der Waals surface area contributed by atoms with Crippen LogP contribution in [0, 0.1) is 0 Å². The van der Waals surface area contributed by atoms with Gasteiger partial charge in [0, 0.05) is 29.4 Å². The number of anilines is 1. The molecule has 7 heteroatoms. The highest BCUT2D eigenvalue weighted by atomic mass is 79.9. The topological polar surface area (TPSA) is 76.7 Å². The molecule has 0 saturated heterocycles. The molecule has 0 bridgehead atoms. The van der Waals surface area contributed by atoms with Gasteiger partial charge >= 0.3 is 0 Å². The highest BCUT2D eigenvalue weighted by Gasteiger charge is 2.12. The maximum atomic E-state index is 12.3. The Hall–Kier alpha value is -2.38. The molecule has 0 aliphatic carbocycles. The van der Waals surface area contributed by atoms with E-state index in [0.29, 0.717) is 30.2 Å². The Labute approximate surface area is 173 Å². The first-order valence-corrected chi connectivity index (χ1v) is 9.79. The number of halogens is 1. The monoisotopic (exact) mass is 448 g/mol. The minimum atomic E-state index is -0.297. The number of nitrogens with one attached hydrogen (secondary N) is 2. The Bertz CT molecular complexity index is 824. The van der Waals surface area contributed by atoms with Crippen molar-refractivity contribution in [1.29, 1.82) is 0 Å². The molecule has 0 radical (unpaired) electrons. The molecule has 0 aromatic heterocycles. The molecule has 0 fully saturated rings. The molecule has 0 spiro atoms. The zero-order valence-corrected chi connectivity index (χ0v) is 17.8. The highest BCUT2D eigenvalue weighted by Crippen LogP contribution is 2.29. The van der Waals surface area contributed by atoms with Crippen LogP contribution in [0.15, 0.2) is 46.9 Å². The molecule has 28 heavy (non-hydrogen) atoms. The first kappa shape index (κ1) is 21.9. The maximum absolute atomic E-state index is 12.3. The van der Waals surface area contributed by atoms with E-state index in [9.17, 15) is 9.59 Å². The summed E-state index contributed by atoms with van der Waals surface area (Å²) in [5.41, 5.74) is 2.02. The number of amides is 2. The molecule has 0 aliphatic heterocycles. The minimum absolute atomic E-state index is 0.119. The summed E-state index contributed by atoms with van der Waals surface area (Å²) in [6.45, 7) is 4.88. The lowest BCUT2D eigenvalue weighted by Crippen LogP contribution is -2.27. The van der Waals surface area contributed by atoms with Crippen LogP contribution in [0.2, 0.25) is 0 Å². The molecule has 2 rings (SSSR count). The molecule has 0 atom stereocenters. The zero-order chi connectivity index (χ0) is 20.5. The fourth-order valence-electron chi connectivity index (χ4n) is 2.55. The van der Waals surface area contributed by atoms with Crippen LogP contribution in [0.1, 0.15) is 35.7 Å². The second-order valence-corrected chi connectivity index (χ2v) is 7.42. The van der Waals surface area contributed by atoms with Crippen molar-refractivity contribution in [3.05, 3.63) is 58.1 Å². The van der Waals surface area contributed by atoms with Crippen molar-refractivity contribution in [1.82, 2.24) is 5.32 Å². The van der Waals surface area contributed by atoms with Gasteiger partial charge in [-0.15, -0.1) is 0 Å². The van der Waals surface area contributed by atoms with E-state index in [4.69, 9.17) is 9.47 Å². The van der Waals surface area contributed by atoms with Crippen LogP contribution < -0.4 is 15.4 Å². The van der Waals surface area contributed by atoms with Crippen molar-refractivity contribution in [3.63, 3.8) is 0 Å². The molecule has 0 unspecified atom stereocenters. The van der Waals surface area contributed by atoms with Gasteiger partial charge in [0.15, 0.2) is 6.61 Å². The Morgan fingerprint density at radius 3 is 2.64 bits per heavy atom. The van der Waals surface area contributed by atoms with Gasteiger partial charge in [-0.2, -0.15) is 0 Å². The summed E-state index contributed by atoms with van der Waals surface area (Å²) in [5, 5.41) is 5.50. The van der Waals surface area contributed by atoms with E-state index >= 15 is 0 Å². The Balaban J connectivity index is 1.95. The van der Waals surface area contributed by atoms with Crippen LogP contribution in [-0.2, 0) is 9.53 Å². The number of hydrogen-bond donors (Lipinski definition) is 2. The molecule has 2 aromatic carbocycles. The lowest BCUT2D eigenvalue weighted by molar-refractivity contribution is -0.118. The van der Waals surface area contributed by atoms with Gasteiger partial charge in [0.2, 0.25) is 0 Å². The molecule has 150 valence electrons. The molecular weight excluding hydrogens is 424 g/mol. The Kier molecular flexibility index (Phi) is 8.47. The molecular formula is C21H25BrN2O4. The summed E-state index contributed by atoms with van der Waals surface area (Å²) < 4.78 is 11.6. The van der Waals surface area contributed by atoms with Crippen molar-refractivity contribution in [2.24, 2.45) is 0 Å². The standard InChI is InChI=1S/C21H25BrN2O4/c1-14(2)18-12-16(22)7-8-19(18)28-13-20(25)24-17-6-4-5-15(11-17)21(26)23-9-10-27-3/h4-8,11-12,14H,9-10,13H2,1-3H3,(H,23,26)(H,24,25). The van der Waals surface area contributed by atoms with Gasteiger partial charge in [-0.3, -0.25) is 9.59 Å². The number of rotatable bonds is 9. The fourth-order valence-corrected chi connectivity index (χ4v) is 2.93. The van der Waals surface area contributed by atoms with Gasteiger partial charge in [0.1, 0.15) is 5.75 Å². The third kappa shape index (κ3) is 6.65. The van der Waals surface area contributed by atoms with Crippen molar-refractivity contribution in [2.45, 2.75) is 19.8 Å². The number of carbonyl (C=O) groups is 2. The lowest BCUT2D eigenvalue weighted by Gasteiger charge is -2.14. The third-order valence-corrected chi connectivity index (χ3v) is 4.45. The van der Waals surface area contributed by atoms with E-state index in [0.717, 1.165) is 10.0 Å². The van der Waals surface area contributed by atoms with Crippen LogP contribution in [0.5, 0.6) is 5.75 Å². The highest BCUT2D eigenvalue weighted by molar-refractivity contribution is 9.10. The second-order valence-electron chi connectivity index (χ2n) is 6.50. The Morgan fingerprint density at radius 1 is 1.14 bits per heavy atom.